The second-order valence-corrected chi connectivity index (χ2v) is 10.5. The second-order valence-electron chi connectivity index (χ2n) is 6.65. The van der Waals surface area contributed by atoms with Gasteiger partial charge in [-0.05, 0) is 49.2 Å². The van der Waals surface area contributed by atoms with Gasteiger partial charge in [0.25, 0.3) is 0 Å². The first-order valence-electron chi connectivity index (χ1n) is 8.56. The van der Waals surface area contributed by atoms with E-state index in [4.69, 9.17) is 0 Å². The number of aromatic nitrogens is 1. The molecule has 1 aromatic carbocycles. The molecule has 1 unspecified atom stereocenters. The molecule has 2 heterocycles. The number of halogens is 1. The van der Waals surface area contributed by atoms with E-state index in [9.17, 15) is 26.0 Å². The molecule has 0 saturated carbocycles. The number of nitrogens with zero attached hydrogens (tertiary/aromatic N) is 2. The Bertz CT molecular complexity index is 1080. The Kier molecular flexibility index (Phi) is 5.64. The smallest absolute Gasteiger partial charge is 0.244 e. The Hall–Kier alpha value is -2.17. The maximum absolute atomic E-state index is 13.0. The number of ketones is 1. The largest absolute Gasteiger partial charge is 0.294 e. The molecule has 1 saturated heterocycles. The van der Waals surface area contributed by atoms with Gasteiger partial charge < -0.3 is 0 Å². The average molecular weight is 426 g/mol. The van der Waals surface area contributed by atoms with Gasteiger partial charge in [-0.2, -0.15) is 4.31 Å². The van der Waals surface area contributed by atoms with Gasteiger partial charge in [0.2, 0.25) is 10.0 Å². The molecule has 150 valence electrons. The van der Waals surface area contributed by atoms with Crippen molar-refractivity contribution in [1.29, 1.82) is 0 Å². The highest BCUT2D eigenvalue weighted by atomic mass is 32.2. The second kappa shape index (κ2) is 7.69. The van der Waals surface area contributed by atoms with Crippen LogP contribution in [0.1, 0.15) is 29.6 Å². The summed E-state index contributed by atoms with van der Waals surface area (Å²) < 4.78 is 63.2. The summed E-state index contributed by atoms with van der Waals surface area (Å²) in [6, 6.07) is 6.96. The summed E-state index contributed by atoms with van der Waals surface area (Å²) in [5.74, 6) is -0.718. The van der Waals surface area contributed by atoms with Crippen LogP contribution in [0, 0.1) is 5.82 Å². The zero-order valence-electron chi connectivity index (χ0n) is 15.1. The predicted octanol–water partition coefficient (Wildman–Crippen LogP) is 2.05. The number of carbonyl (C=O) groups excluding carboxylic acids is 1. The molecule has 0 amide bonds. The van der Waals surface area contributed by atoms with Crippen LogP contribution in [0.25, 0.3) is 0 Å². The molecule has 0 bridgehead atoms. The van der Waals surface area contributed by atoms with Crippen molar-refractivity contribution in [2.24, 2.45) is 0 Å². The van der Waals surface area contributed by atoms with Crippen LogP contribution >= 0.6 is 0 Å². The van der Waals surface area contributed by atoms with E-state index >= 15 is 0 Å². The topological polar surface area (TPSA) is 101 Å². The molecule has 1 fully saturated rings. The summed E-state index contributed by atoms with van der Waals surface area (Å²) in [5, 5.41) is -0.212. The Morgan fingerprint density at radius 1 is 1.14 bits per heavy atom. The van der Waals surface area contributed by atoms with Crippen LogP contribution in [-0.4, -0.2) is 50.8 Å². The number of hydrogen-bond acceptors (Lipinski definition) is 6. The molecule has 7 nitrogen and oxygen atoms in total. The van der Waals surface area contributed by atoms with Gasteiger partial charge >= 0.3 is 0 Å². The Morgan fingerprint density at radius 3 is 2.39 bits per heavy atom. The molecule has 0 N–H and O–H groups in total. The highest BCUT2D eigenvalue weighted by molar-refractivity contribution is 7.90. The first-order valence-corrected chi connectivity index (χ1v) is 11.9. The number of benzene rings is 1. The first-order chi connectivity index (χ1) is 13.1. The van der Waals surface area contributed by atoms with E-state index in [0.29, 0.717) is 18.4 Å². The highest BCUT2D eigenvalue weighted by Crippen LogP contribution is 2.29. The van der Waals surface area contributed by atoms with E-state index in [2.05, 4.69) is 4.98 Å². The first kappa shape index (κ1) is 20.6. The van der Waals surface area contributed by atoms with E-state index in [0.717, 1.165) is 18.5 Å². The van der Waals surface area contributed by atoms with Crippen molar-refractivity contribution in [3.63, 3.8) is 0 Å². The lowest BCUT2D eigenvalue weighted by Crippen LogP contribution is -2.37. The third-order valence-electron chi connectivity index (χ3n) is 4.61. The van der Waals surface area contributed by atoms with E-state index in [1.54, 1.807) is 0 Å². The number of Topliss-reactive ketones (excluding diaryl/α,β-unsaturated/α-hetero) is 1. The molecule has 0 radical (unpaired) electrons. The van der Waals surface area contributed by atoms with Crippen LogP contribution in [0.5, 0.6) is 0 Å². The van der Waals surface area contributed by atoms with E-state index in [1.807, 2.05) is 0 Å². The minimum absolute atomic E-state index is 0.0142. The number of rotatable bonds is 6. The fourth-order valence-corrected chi connectivity index (χ4v) is 5.37. The van der Waals surface area contributed by atoms with Crippen molar-refractivity contribution in [2.75, 3.05) is 12.8 Å². The normalized spacial score (nSPS) is 18.3. The van der Waals surface area contributed by atoms with Crippen molar-refractivity contribution < 1.29 is 26.0 Å². The zero-order valence-corrected chi connectivity index (χ0v) is 16.7. The van der Waals surface area contributed by atoms with Gasteiger partial charge in [-0.15, -0.1) is 0 Å². The summed E-state index contributed by atoms with van der Waals surface area (Å²) in [4.78, 5) is 16.1. The molecule has 28 heavy (non-hydrogen) atoms. The van der Waals surface area contributed by atoms with Crippen molar-refractivity contribution in [2.45, 2.75) is 35.2 Å². The number of pyridine rings is 1. The molecule has 1 atom stereocenters. The van der Waals surface area contributed by atoms with Gasteiger partial charge in [0.15, 0.2) is 20.6 Å². The van der Waals surface area contributed by atoms with Gasteiger partial charge in [-0.1, -0.05) is 0 Å². The lowest BCUT2D eigenvalue weighted by molar-refractivity contribution is 0.0961. The summed E-state index contributed by atoms with van der Waals surface area (Å²) in [6.45, 7) is 0.261. The van der Waals surface area contributed by atoms with Gasteiger partial charge in [-0.25, -0.2) is 26.2 Å². The highest BCUT2D eigenvalue weighted by Gasteiger charge is 2.36. The van der Waals surface area contributed by atoms with Crippen molar-refractivity contribution in [3.05, 3.63) is 54.0 Å². The number of sulfonamides is 1. The van der Waals surface area contributed by atoms with Gasteiger partial charge in [-0.3, -0.25) is 4.79 Å². The zero-order chi connectivity index (χ0) is 20.5. The summed E-state index contributed by atoms with van der Waals surface area (Å²) >= 11 is 0. The monoisotopic (exact) mass is 426 g/mol. The molecular weight excluding hydrogens is 407 g/mol. The Labute approximate surface area is 163 Å². The van der Waals surface area contributed by atoms with Crippen LogP contribution in [-0.2, 0) is 19.9 Å². The molecule has 0 spiro atoms. The van der Waals surface area contributed by atoms with Crippen LogP contribution in [0.3, 0.4) is 0 Å². The summed E-state index contributed by atoms with van der Waals surface area (Å²) in [5.41, 5.74) is 0.324. The van der Waals surface area contributed by atoms with Crippen molar-refractivity contribution >= 4 is 25.6 Å². The Morgan fingerprint density at radius 2 is 1.82 bits per heavy atom. The average Bonchev–Trinajstić information content (AvgIpc) is 3.10. The maximum Gasteiger partial charge on any atom is 0.244 e. The SMILES string of the molecule is CS(=O)(=O)c1ccc(S(=O)(=O)N2CCCC2CC(=O)c2ccc(F)cc2)cn1. The molecule has 1 aliphatic heterocycles. The molecular formula is C18H19FN2O5S2. The summed E-state index contributed by atoms with van der Waals surface area (Å²) in [7, 11) is -7.46. The molecule has 0 aliphatic carbocycles. The fraction of sp³-hybridized carbons (Fsp3) is 0.333. The van der Waals surface area contributed by atoms with Crippen LogP contribution in [0.4, 0.5) is 4.39 Å². The number of hydrogen-bond donors (Lipinski definition) is 0. The summed E-state index contributed by atoms with van der Waals surface area (Å²) in [6.07, 6.45) is 3.13. The minimum Gasteiger partial charge on any atom is -0.294 e. The molecule has 2 aromatic rings. The predicted molar refractivity (Wildman–Crippen MR) is 99.6 cm³/mol. The quantitative estimate of drug-likeness (QED) is 0.655. The lowest BCUT2D eigenvalue weighted by Gasteiger charge is -2.23. The molecule has 1 aliphatic rings. The lowest BCUT2D eigenvalue weighted by atomic mass is 10.0. The van der Waals surface area contributed by atoms with E-state index in [-0.39, 0.29) is 28.7 Å². The Balaban J connectivity index is 1.81. The molecule has 10 heteroatoms. The maximum atomic E-state index is 13.0. The third-order valence-corrected chi connectivity index (χ3v) is 7.54. The standard InChI is InChI=1S/C18H19FN2O5S2/c1-27(23,24)18-9-8-16(12-20-18)28(25,26)21-10-2-3-15(21)11-17(22)13-4-6-14(19)7-5-13/h4-9,12,15H,2-3,10-11H2,1H3. The number of carbonyl (C=O) groups is 1. The van der Waals surface area contributed by atoms with Gasteiger partial charge in [0.05, 0.1) is 0 Å². The van der Waals surface area contributed by atoms with Crippen LogP contribution in [0.15, 0.2) is 52.5 Å². The van der Waals surface area contributed by atoms with Crippen LogP contribution < -0.4 is 0 Å². The third kappa shape index (κ3) is 4.29. The minimum atomic E-state index is -3.92. The van der Waals surface area contributed by atoms with Gasteiger partial charge in [0.1, 0.15) is 10.7 Å². The molecule has 3 rings (SSSR count). The van der Waals surface area contributed by atoms with Gasteiger partial charge in [0, 0.05) is 37.0 Å². The number of sulfone groups is 1. The van der Waals surface area contributed by atoms with E-state index < -0.39 is 31.7 Å². The van der Waals surface area contributed by atoms with Crippen LogP contribution in [0.2, 0.25) is 0 Å². The van der Waals surface area contributed by atoms with Crippen molar-refractivity contribution in [3.8, 4) is 0 Å². The molecule has 1 aromatic heterocycles. The van der Waals surface area contributed by atoms with Crippen molar-refractivity contribution in [1.82, 2.24) is 9.29 Å². The fourth-order valence-electron chi connectivity index (χ4n) is 3.17. The van der Waals surface area contributed by atoms with E-state index in [1.165, 1.54) is 34.6 Å².